The third-order valence-corrected chi connectivity index (χ3v) is 5.84. The molecule has 1 heterocycles. The summed E-state index contributed by atoms with van der Waals surface area (Å²) >= 11 is 1.39. The van der Waals surface area contributed by atoms with E-state index in [1.165, 1.54) is 35.8 Å². The second-order valence-corrected chi connectivity index (χ2v) is 7.65. The molecule has 1 aliphatic heterocycles. The molecule has 5 nitrogen and oxygen atoms in total. The molecule has 1 unspecified atom stereocenters. The minimum absolute atomic E-state index is 0.372. The molecule has 1 aliphatic rings. The van der Waals surface area contributed by atoms with Crippen LogP contribution < -0.4 is 5.73 Å². The average molecular weight is 387 g/mol. The highest BCUT2D eigenvalue weighted by Gasteiger charge is 2.48. The Kier molecular flexibility index (Phi) is 5.94. The summed E-state index contributed by atoms with van der Waals surface area (Å²) in [5, 5.41) is 16.3. The molecule has 2 aromatic carbocycles. The van der Waals surface area contributed by atoms with Crippen LogP contribution in [-0.2, 0) is 9.67 Å². The number of nitrogens with zero attached hydrogens (tertiary/aromatic N) is 2. The molecular formula is C20H22FN3O2S. The monoisotopic (exact) mass is 387 g/mol. The summed E-state index contributed by atoms with van der Waals surface area (Å²) in [6.07, 6.45) is 0.0123. The Morgan fingerprint density at radius 1 is 1.30 bits per heavy atom. The van der Waals surface area contributed by atoms with Crippen LogP contribution in [0, 0.1) is 5.82 Å². The van der Waals surface area contributed by atoms with Crippen molar-refractivity contribution in [2.24, 2.45) is 10.8 Å². The van der Waals surface area contributed by atoms with Crippen molar-refractivity contribution in [2.75, 3.05) is 6.54 Å². The van der Waals surface area contributed by atoms with Gasteiger partial charge in [0.1, 0.15) is 21.8 Å². The van der Waals surface area contributed by atoms with Gasteiger partial charge in [-0.1, -0.05) is 54.2 Å². The van der Waals surface area contributed by atoms with Crippen LogP contribution in [0.1, 0.15) is 30.9 Å². The number of hydrazone groups is 1. The number of hydrogen-bond donors (Lipinski definition) is 2. The van der Waals surface area contributed by atoms with Gasteiger partial charge in [0.2, 0.25) is 0 Å². The molecule has 0 saturated carbocycles. The predicted octanol–water partition coefficient (Wildman–Crippen LogP) is 3.04. The van der Waals surface area contributed by atoms with Gasteiger partial charge in [-0.15, -0.1) is 0 Å². The lowest BCUT2D eigenvalue weighted by Gasteiger charge is -2.36. The van der Waals surface area contributed by atoms with Crippen molar-refractivity contribution in [2.45, 2.75) is 30.7 Å². The maximum Gasteiger partial charge on any atom is 0.272 e. The minimum Gasteiger partial charge on any atom is -0.383 e. The van der Waals surface area contributed by atoms with E-state index in [1.54, 1.807) is 12.1 Å². The zero-order chi connectivity index (χ0) is 19.4. The van der Waals surface area contributed by atoms with Crippen molar-refractivity contribution in [3.05, 3.63) is 71.5 Å². The summed E-state index contributed by atoms with van der Waals surface area (Å²) in [5.41, 5.74) is 7.22. The normalized spacial score (nSPS) is 20.4. The van der Waals surface area contributed by atoms with Gasteiger partial charge >= 0.3 is 0 Å². The van der Waals surface area contributed by atoms with E-state index in [0.717, 1.165) is 5.56 Å². The van der Waals surface area contributed by atoms with Crippen LogP contribution in [0.25, 0.3) is 0 Å². The van der Waals surface area contributed by atoms with E-state index >= 15 is 0 Å². The van der Waals surface area contributed by atoms with Gasteiger partial charge in [-0.2, -0.15) is 5.10 Å². The van der Waals surface area contributed by atoms with Crippen molar-refractivity contribution >= 4 is 22.7 Å². The summed E-state index contributed by atoms with van der Waals surface area (Å²) in [5.74, 6) is -0.877. The van der Waals surface area contributed by atoms with E-state index in [2.05, 4.69) is 5.10 Å². The van der Waals surface area contributed by atoms with Crippen molar-refractivity contribution in [3.8, 4) is 0 Å². The first-order chi connectivity index (χ1) is 13.0. The minimum atomic E-state index is -1.21. The highest BCUT2D eigenvalue weighted by Crippen LogP contribution is 2.50. The number of carbonyl (C=O) groups excluding carboxylic acids is 1. The van der Waals surface area contributed by atoms with Gasteiger partial charge in [-0.3, -0.25) is 4.79 Å². The summed E-state index contributed by atoms with van der Waals surface area (Å²) in [6.45, 7) is 1.88. The second kappa shape index (κ2) is 8.21. The maximum atomic E-state index is 13.7. The molecule has 0 aliphatic carbocycles. The zero-order valence-electron chi connectivity index (χ0n) is 15.0. The number of amides is 1. The van der Waals surface area contributed by atoms with Gasteiger partial charge in [-0.05, 0) is 44.0 Å². The largest absolute Gasteiger partial charge is 0.383 e. The summed E-state index contributed by atoms with van der Waals surface area (Å²) in [6, 6.07) is 15.7. The average Bonchev–Trinajstić information content (AvgIpc) is 3.07. The van der Waals surface area contributed by atoms with Gasteiger partial charge < -0.3 is 10.8 Å². The lowest BCUT2D eigenvalue weighted by molar-refractivity contribution is -0.143. The fourth-order valence-corrected chi connectivity index (χ4v) is 4.47. The van der Waals surface area contributed by atoms with Crippen molar-refractivity contribution in [1.29, 1.82) is 0 Å². The number of nitrogens with two attached hydrogens (primary N) is 1. The fraction of sp³-hybridized carbons (Fsp3) is 0.300. The molecule has 7 heteroatoms. The quantitative estimate of drug-likeness (QED) is 0.799. The van der Waals surface area contributed by atoms with Crippen LogP contribution in [0.2, 0.25) is 0 Å². The Hall–Kier alpha value is -2.22. The smallest absolute Gasteiger partial charge is 0.272 e. The maximum absolute atomic E-state index is 13.7. The van der Waals surface area contributed by atoms with Crippen LogP contribution in [0.4, 0.5) is 4.39 Å². The molecule has 0 fully saturated rings. The van der Waals surface area contributed by atoms with E-state index < -0.39 is 16.9 Å². The highest BCUT2D eigenvalue weighted by molar-refractivity contribution is 8.15. The molecule has 0 spiro atoms. The molecule has 0 bridgehead atoms. The molecule has 0 saturated heterocycles. The Morgan fingerprint density at radius 2 is 2.04 bits per heavy atom. The molecule has 2 aromatic rings. The van der Waals surface area contributed by atoms with Gasteiger partial charge in [-0.25, -0.2) is 9.40 Å². The fourth-order valence-electron chi connectivity index (χ4n) is 3.06. The predicted molar refractivity (Wildman–Crippen MR) is 105 cm³/mol. The molecule has 27 heavy (non-hydrogen) atoms. The van der Waals surface area contributed by atoms with E-state index in [0.29, 0.717) is 30.0 Å². The number of hydrogen-bond acceptors (Lipinski definition) is 5. The third kappa shape index (κ3) is 3.90. The number of aliphatic hydroxyl groups is 1. The van der Waals surface area contributed by atoms with Gasteiger partial charge in [0.15, 0.2) is 0 Å². The molecular weight excluding hydrogens is 365 g/mol. The van der Waals surface area contributed by atoms with E-state index in [9.17, 15) is 14.3 Å². The number of carbonyl (C=O) groups is 1. The van der Waals surface area contributed by atoms with E-state index in [4.69, 9.17) is 5.73 Å². The molecule has 1 amide bonds. The lowest BCUT2D eigenvalue weighted by Crippen LogP contribution is -2.45. The van der Waals surface area contributed by atoms with Gasteiger partial charge in [0, 0.05) is 5.56 Å². The molecule has 0 radical (unpaired) electrons. The Balaban J connectivity index is 2.11. The number of thioether (sulfide) groups is 1. The van der Waals surface area contributed by atoms with Crippen LogP contribution >= 0.6 is 11.8 Å². The number of halogens is 1. The topological polar surface area (TPSA) is 78.9 Å². The number of rotatable bonds is 6. The summed E-state index contributed by atoms with van der Waals surface area (Å²) in [7, 11) is 0. The van der Waals surface area contributed by atoms with Gasteiger partial charge in [0.25, 0.3) is 5.91 Å². The molecule has 0 aromatic heterocycles. The van der Waals surface area contributed by atoms with Crippen LogP contribution in [0.15, 0.2) is 59.7 Å². The Morgan fingerprint density at radius 3 is 2.67 bits per heavy atom. The standard InChI is InChI=1S/C20H22FN3O2S/c1-14(25)19(26)24-20(11-6-12-22,16-8-3-2-4-9-16)27-18(23-24)15-7-5-10-17(21)13-15/h2-5,7-10,13-14,25H,6,11-12,22H2,1H3/t14-,20?/m1/s1. The number of benzene rings is 2. The Bertz CT molecular complexity index is 844. The number of aliphatic hydroxyl groups excluding tert-OH is 1. The SMILES string of the molecule is C[C@@H](O)C(=O)N1N=C(c2cccc(F)c2)SC1(CCCN)c1ccccc1. The van der Waals surface area contributed by atoms with Crippen molar-refractivity contribution < 1.29 is 14.3 Å². The van der Waals surface area contributed by atoms with E-state index in [-0.39, 0.29) is 5.82 Å². The summed E-state index contributed by atoms with van der Waals surface area (Å²) in [4.78, 5) is 12.0. The first kappa shape index (κ1) is 19.5. The molecule has 142 valence electrons. The molecule has 3 rings (SSSR count). The first-order valence-electron chi connectivity index (χ1n) is 8.79. The van der Waals surface area contributed by atoms with Crippen molar-refractivity contribution in [3.63, 3.8) is 0 Å². The second-order valence-electron chi connectivity index (χ2n) is 6.39. The van der Waals surface area contributed by atoms with Gasteiger partial charge in [0.05, 0.1) is 0 Å². The van der Waals surface area contributed by atoms with E-state index in [1.807, 2.05) is 30.3 Å². The highest BCUT2D eigenvalue weighted by atomic mass is 32.2. The zero-order valence-corrected chi connectivity index (χ0v) is 15.8. The Labute approximate surface area is 162 Å². The van der Waals surface area contributed by atoms with Crippen LogP contribution in [0.3, 0.4) is 0 Å². The molecule has 3 N–H and O–H groups in total. The van der Waals surface area contributed by atoms with Crippen molar-refractivity contribution in [1.82, 2.24) is 5.01 Å². The van der Waals surface area contributed by atoms with Crippen LogP contribution in [0.5, 0.6) is 0 Å². The summed E-state index contributed by atoms with van der Waals surface area (Å²) < 4.78 is 13.7. The lowest BCUT2D eigenvalue weighted by atomic mass is 10.00. The van der Waals surface area contributed by atoms with Crippen LogP contribution in [-0.4, -0.2) is 33.7 Å². The first-order valence-corrected chi connectivity index (χ1v) is 9.61. The molecule has 2 atom stereocenters. The third-order valence-electron chi connectivity index (χ3n) is 4.38.